The number of amides is 2. The van der Waals surface area contributed by atoms with Gasteiger partial charge < -0.3 is 19.9 Å². The second kappa shape index (κ2) is 10.5. The highest BCUT2D eigenvalue weighted by molar-refractivity contribution is 6.33. The number of carbonyl (C=O) groups is 3. The largest absolute Gasteiger partial charge is 0.507 e. The molecule has 5 rings (SSSR count). The third-order valence-electron chi connectivity index (χ3n) is 6.86. The van der Waals surface area contributed by atoms with E-state index in [1.165, 1.54) is 35.9 Å². The third-order valence-corrected chi connectivity index (χ3v) is 7.19. The maximum atomic E-state index is 15.4. The Morgan fingerprint density at radius 1 is 1.05 bits per heavy atom. The van der Waals surface area contributed by atoms with E-state index in [1.54, 1.807) is 42.5 Å². The van der Waals surface area contributed by atoms with Crippen LogP contribution in [-0.2, 0) is 16.1 Å². The normalized spacial score (nSPS) is 17.0. The van der Waals surface area contributed by atoms with Crippen LogP contribution in [0.15, 0.2) is 66.9 Å². The number of phenols is 1. The molecule has 3 aromatic carbocycles. The third kappa shape index (κ3) is 4.97. The standard InChI is InChI=1S/C29H24ClF2N3O4/c1-16(36)20-14-34(23-10-5-11-25(37)27(20)23)15-26(38)35-13-17(31)12-24(35)29(39)33-22-9-4-7-19(28(22)32)18-6-2-3-8-21(18)30/h2-11,14,17,24,37H,12-13,15H2,1H3,(H,33,39)/t17-,24+/m1/s1. The van der Waals surface area contributed by atoms with Gasteiger partial charge in [0, 0.05) is 34.3 Å². The molecular formula is C29H24ClF2N3O4. The minimum atomic E-state index is -1.44. The number of halogens is 3. The van der Waals surface area contributed by atoms with Crippen LogP contribution in [0.25, 0.3) is 22.0 Å². The quantitative estimate of drug-likeness (QED) is 0.306. The molecule has 2 heterocycles. The van der Waals surface area contributed by atoms with E-state index in [1.807, 2.05) is 0 Å². The van der Waals surface area contributed by atoms with Crippen molar-refractivity contribution in [1.82, 2.24) is 9.47 Å². The van der Waals surface area contributed by atoms with Crippen molar-refractivity contribution in [2.75, 3.05) is 11.9 Å². The molecule has 200 valence electrons. The summed E-state index contributed by atoms with van der Waals surface area (Å²) in [6.07, 6.45) is -0.227. The number of likely N-dealkylation sites (tertiary alicyclic amines) is 1. The lowest BCUT2D eigenvalue weighted by molar-refractivity contribution is -0.137. The Morgan fingerprint density at radius 3 is 2.51 bits per heavy atom. The number of hydrogen-bond acceptors (Lipinski definition) is 4. The molecule has 2 N–H and O–H groups in total. The summed E-state index contributed by atoms with van der Waals surface area (Å²) in [6, 6.07) is 14.7. The minimum absolute atomic E-state index is 0.104. The van der Waals surface area contributed by atoms with Crippen LogP contribution in [-0.4, -0.2) is 50.9 Å². The fourth-order valence-corrected chi connectivity index (χ4v) is 5.25. The van der Waals surface area contributed by atoms with Crippen molar-refractivity contribution in [3.63, 3.8) is 0 Å². The van der Waals surface area contributed by atoms with Crippen LogP contribution in [0.3, 0.4) is 0 Å². The second-order valence-corrected chi connectivity index (χ2v) is 9.84. The van der Waals surface area contributed by atoms with Gasteiger partial charge in [0.25, 0.3) is 0 Å². The number of Topliss-reactive ketones (excluding diaryl/α,β-unsaturated/α-hetero) is 1. The predicted octanol–water partition coefficient (Wildman–Crippen LogP) is 5.59. The van der Waals surface area contributed by atoms with Gasteiger partial charge in [-0.05, 0) is 31.2 Å². The number of alkyl halides is 1. The van der Waals surface area contributed by atoms with Crippen LogP contribution in [0.4, 0.5) is 14.5 Å². The molecular weight excluding hydrogens is 528 g/mol. The van der Waals surface area contributed by atoms with E-state index in [4.69, 9.17) is 11.6 Å². The molecule has 1 aliphatic rings. The lowest BCUT2D eigenvalue weighted by atomic mass is 10.0. The average Bonchev–Trinajstić information content (AvgIpc) is 3.48. The molecule has 39 heavy (non-hydrogen) atoms. The molecule has 0 saturated carbocycles. The number of nitrogens with zero attached hydrogens (tertiary/aromatic N) is 2. The first-order chi connectivity index (χ1) is 18.7. The number of ketones is 1. The first-order valence-electron chi connectivity index (χ1n) is 12.2. The summed E-state index contributed by atoms with van der Waals surface area (Å²) >= 11 is 6.22. The first kappa shape index (κ1) is 26.4. The van der Waals surface area contributed by atoms with E-state index in [0.29, 0.717) is 21.5 Å². The van der Waals surface area contributed by atoms with Crippen LogP contribution >= 0.6 is 11.6 Å². The highest BCUT2D eigenvalue weighted by atomic mass is 35.5. The average molecular weight is 552 g/mol. The fraction of sp³-hybridized carbons (Fsp3) is 0.207. The van der Waals surface area contributed by atoms with E-state index in [0.717, 1.165) is 4.90 Å². The van der Waals surface area contributed by atoms with Crippen LogP contribution in [0.5, 0.6) is 5.75 Å². The SMILES string of the molecule is CC(=O)c1cn(CC(=O)N2C[C@H](F)C[C@H]2C(=O)Nc2cccc(-c3ccccc3Cl)c2F)c2cccc(O)c12. The molecule has 2 amide bonds. The topological polar surface area (TPSA) is 91.6 Å². The molecule has 1 aromatic heterocycles. The number of anilines is 1. The fourth-order valence-electron chi connectivity index (χ4n) is 5.01. The highest BCUT2D eigenvalue weighted by Crippen LogP contribution is 2.34. The Kier molecular flexibility index (Phi) is 7.10. The molecule has 4 aromatic rings. The molecule has 0 unspecified atom stereocenters. The van der Waals surface area contributed by atoms with E-state index in [9.17, 15) is 23.9 Å². The van der Waals surface area contributed by atoms with Gasteiger partial charge in [-0.15, -0.1) is 0 Å². The molecule has 7 nitrogen and oxygen atoms in total. The Hall–Kier alpha value is -4.24. The van der Waals surface area contributed by atoms with Crippen molar-refractivity contribution in [1.29, 1.82) is 0 Å². The zero-order valence-electron chi connectivity index (χ0n) is 20.8. The van der Waals surface area contributed by atoms with Gasteiger partial charge in [-0.25, -0.2) is 8.78 Å². The van der Waals surface area contributed by atoms with Crippen LogP contribution < -0.4 is 5.32 Å². The summed E-state index contributed by atoms with van der Waals surface area (Å²) in [4.78, 5) is 39.7. The van der Waals surface area contributed by atoms with Gasteiger partial charge in [-0.3, -0.25) is 14.4 Å². The zero-order valence-corrected chi connectivity index (χ0v) is 21.6. The van der Waals surface area contributed by atoms with E-state index < -0.39 is 29.8 Å². The van der Waals surface area contributed by atoms with Crippen molar-refractivity contribution >= 4 is 45.8 Å². The number of fused-ring (bicyclic) bond motifs is 1. The molecule has 2 atom stereocenters. The number of carbonyl (C=O) groups excluding carboxylic acids is 3. The van der Waals surface area contributed by atoms with Crippen molar-refractivity contribution in [3.8, 4) is 16.9 Å². The number of nitrogens with one attached hydrogen (secondary N) is 1. The van der Waals surface area contributed by atoms with Gasteiger partial charge in [0.05, 0.1) is 23.1 Å². The first-order valence-corrected chi connectivity index (χ1v) is 12.6. The summed E-state index contributed by atoms with van der Waals surface area (Å²) in [5.41, 5.74) is 1.20. The predicted molar refractivity (Wildman–Crippen MR) is 144 cm³/mol. The summed E-state index contributed by atoms with van der Waals surface area (Å²) < 4.78 is 31.4. The summed E-state index contributed by atoms with van der Waals surface area (Å²) in [7, 11) is 0. The van der Waals surface area contributed by atoms with Crippen LogP contribution in [0.1, 0.15) is 23.7 Å². The van der Waals surface area contributed by atoms with Crippen molar-refractivity contribution < 1.29 is 28.3 Å². The molecule has 0 spiro atoms. The number of rotatable bonds is 6. The second-order valence-electron chi connectivity index (χ2n) is 9.43. The van der Waals surface area contributed by atoms with Gasteiger partial charge in [-0.1, -0.05) is 48.0 Å². The van der Waals surface area contributed by atoms with Gasteiger partial charge in [0.2, 0.25) is 11.8 Å². The number of aromatic hydroxyl groups is 1. The molecule has 0 bridgehead atoms. The number of aromatic nitrogens is 1. The van der Waals surface area contributed by atoms with E-state index >= 15 is 4.39 Å². The van der Waals surface area contributed by atoms with Crippen LogP contribution in [0.2, 0.25) is 5.02 Å². The lowest BCUT2D eigenvalue weighted by Gasteiger charge is -2.24. The Bertz CT molecular complexity index is 1620. The van der Waals surface area contributed by atoms with Gasteiger partial charge in [0.1, 0.15) is 24.5 Å². The van der Waals surface area contributed by atoms with Gasteiger partial charge in [0.15, 0.2) is 11.6 Å². The maximum Gasteiger partial charge on any atom is 0.247 e. The molecule has 10 heteroatoms. The molecule has 1 saturated heterocycles. The van der Waals surface area contributed by atoms with Gasteiger partial charge in [-0.2, -0.15) is 0 Å². The molecule has 0 aliphatic carbocycles. The number of phenolic OH excluding ortho intramolecular Hbond substituents is 1. The maximum absolute atomic E-state index is 15.4. The lowest BCUT2D eigenvalue weighted by Crippen LogP contribution is -2.44. The molecule has 0 radical (unpaired) electrons. The Balaban J connectivity index is 1.39. The van der Waals surface area contributed by atoms with Crippen molar-refractivity contribution in [2.45, 2.75) is 32.1 Å². The Morgan fingerprint density at radius 2 is 1.77 bits per heavy atom. The monoisotopic (exact) mass is 551 g/mol. The van der Waals surface area contributed by atoms with Crippen molar-refractivity contribution in [3.05, 3.63) is 83.3 Å². The van der Waals surface area contributed by atoms with E-state index in [2.05, 4.69) is 5.32 Å². The zero-order chi connectivity index (χ0) is 27.8. The van der Waals surface area contributed by atoms with Gasteiger partial charge >= 0.3 is 0 Å². The number of benzene rings is 3. The van der Waals surface area contributed by atoms with Crippen LogP contribution in [0, 0.1) is 5.82 Å². The van der Waals surface area contributed by atoms with Crippen molar-refractivity contribution in [2.24, 2.45) is 0 Å². The van der Waals surface area contributed by atoms with E-state index in [-0.39, 0.29) is 47.9 Å². The summed E-state index contributed by atoms with van der Waals surface area (Å²) in [6.45, 7) is 0.755. The summed E-state index contributed by atoms with van der Waals surface area (Å²) in [5, 5.41) is 13.4. The molecule has 1 fully saturated rings. The Labute approximate surface area is 227 Å². The number of hydrogen-bond donors (Lipinski definition) is 2. The smallest absolute Gasteiger partial charge is 0.247 e. The molecule has 1 aliphatic heterocycles. The summed E-state index contributed by atoms with van der Waals surface area (Å²) in [5.74, 6) is -2.39. The highest BCUT2D eigenvalue weighted by Gasteiger charge is 2.40. The minimum Gasteiger partial charge on any atom is -0.507 e.